The van der Waals surface area contributed by atoms with Gasteiger partial charge < -0.3 is 0 Å². The quantitative estimate of drug-likeness (QED) is 0.523. The zero-order chi connectivity index (χ0) is 16.1. The zero-order valence-electron chi connectivity index (χ0n) is 14.3. The summed E-state index contributed by atoms with van der Waals surface area (Å²) in [5.41, 5.74) is 0. The second-order valence-electron chi connectivity index (χ2n) is 7.62. The van der Waals surface area contributed by atoms with Gasteiger partial charge in [0, 0.05) is 6.04 Å². The highest BCUT2D eigenvalue weighted by Crippen LogP contribution is 2.37. The summed E-state index contributed by atoms with van der Waals surface area (Å²) in [4.78, 5) is 27.3. The summed E-state index contributed by atoms with van der Waals surface area (Å²) in [5.74, 6) is 0.130. The third kappa shape index (κ3) is 3.87. The second kappa shape index (κ2) is 8.12. The van der Waals surface area contributed by atoms with Gasteiger partial charge in [0.1, 0.15) is 0 Å². The van der Waals surface area contributed by atoms with Crippen LogP contribution in [0.25, 0.3) is 0 Å². The summed E-state index contributed by atoms with van der Waals surface area (Å²) in [5, 5.41) is 0. The lowest BCUT2D eigenvalue weighted by Gasteiger charge is -2.27. The Kier molecular flexibility index (Phi) is 5.91. The fraction of sp³-hybridized carbons (Fsp3) is 0.800. The van der Waals surface area contributed by atoms with Crippen molar-refractivity contribution in [3.05, 3.63) is 12.2 Å². The van der Waals surface area contributed by atoms with E-state index in [4.69, 9.17) is 0 Å². The van der Waals surface area contributed by atoms with E-state index in [1.165, 1.54) is 44.9 Å². The number of rotatable bonds is 1. The predicted molar refractivity (Wildman–Crippen MR) is 91.8 cm³/mol. The van der Waals surface area contributed by atoms with Gasteiger partial charge in [0.05, 0.1) is 11.8 Å². The average Bonchev–Trinajstić information content (AvgIpc) is 2.81. The molecule has 0 aromatic carbocycles. The van der Waals surface area contributed by atoms with Gasteiger partial charge in [-0.25, -0.2) is 0 Å². The number of hydrogen-bond acceptors (Lipinski definition) is 2. The van der Waals surface area contributed by atoms with Crippen LogP contribution in [-0.4, -0.2) is 22.8 Å². The molecule has 2 amide bonds. The molecule has 0 bridgehead atoms. The minimum absolute atomic E-state index is 0.0612. The van der Waals surface area contributed by atoms with Crippen LogP contribution in [0, 0.1) is 11.8 Å². The number of carbonyl (C=O) groups excluding carboxylic acids is 2. The standard InChI is InChI=1S/C20H31NO2/c22-19-17-14-10-11-15-18(17)20(23)21(19)16-12-8-6-4-2-1-3-5-7-9-13-16/h10-11,16-18H,1-9,12-15H2/t17-,18-/m0/s1. The maximum absolute atomic E-state index is 12.8. The normalized spacial score (nSPS) is 31.6. The summed E-state index contributed by atoms with van der Waals surface area (Å²) in [6.45, 7) is 0. The smallest absolute Gasteiger partial charge is 0.233 e. The molecule has 1 saturated carbocycles. The first-order chi connectivity index (χ1) is 11.3. The van der Waals surface area contributed by atoms with Crippen molar-refractivity contribution < 1.29 is 9.59 Å². The highest BCUT2D eigenvalue weighted by Gasteiger charge is 2.49. The van der Waals surface area contributed by atoms with Gasteiger partial charge >= 0.3 is 0 Å². The second-order valence-corrected chi connectivity index (χ2v) is 7.62. The van der Waals surface area contributed by atoms with Gasteiger partial charge in [0.25, 0.3) is 0 Å². The van der Waals surface area contributed by atoms with Crippen LogP contribution < -0.4 is 0 Å². The number of allylic oxidation sites excluding steroid dienone is 2. The first-order valence-corrected chi connectivity index (χ1v) is 9.81. The largest absolute Gasteiger partial charge is 0.279 e. The fourth-order valence-corrected chi connectivity index (χ4v) is 4.59. The number of likely N-dealkylation sites (tertiary alicyclic amines) is 1. The van der Waals surface area contributed by atoms with Crippen LogP contribution in [-0.2, 0) is 9.59 Å². The van der Waals surface area contributed by atoms with Crippen LogP contribution in [0.1, 0.15) is 83.5 Å². The van der Waals surface area contributed by atoms with Gasteiger partial charge in [-0.15, -0.1) is 0 Å². The van der Waals surface area contributed by atoms with Crippen LogP contribution in [0.2, 0.25) is 0 Å². The molecule has 128 valence electrons. The summed E-state index contributed by atoms with van der Waals surface area (Å²) in [7, 11) is 0. The van der Waals surface area contributed by atoms with Crippen LogP contribution in [0.15, 0.2) is 12.2 Å². The Bertz CT molecular complexity index is 419. The summed E-state index contributed by atoms with van der Waals surface area (Å²) in [6, 6.07) is 0.167. The molecule has 0 radical (unpaired) electrons. The van der Waals surface area contributed by atoms with Gasteiger partial charge in [0.15, 0.2) is 0 Å². The molecule has 3 rings (SSSR count). The molecule has 0 unspecified atom stereocenters. The molecule has 0 aromatic heterocycles. The minimum Gasteiger partial charge on any atom is -0.279 e. The number of carbonyl (C=O) groups is 2. The Hall–Kier alpha value is -1.12. The molecule has 1 heterocycles. The van der Waals surface area contributed by atoms with Crippen molar-refractivity contribution in [2.75, 3.05) is 0 Å². The molecule has 2 atom stereocenters. The van der Waals surface area contributed by atoms with Crippen molar-refractivity contribution in [3.8, 4) is 0 Å². The summed E-state index contributed by atoms with van der Waals surface area (Å²) < 4.78 is 0. The molecule has 23 heavy (non-hydrogen) atoms. The molecular weight excluding hydrogens is 286 g/mol. The molecule has 1 saturated heterocycles. The third-order valence-electron chi connectivity index (χ3n) is 5.98. The molecule has 3 heteroatoms. The molecule has 1 aliphatic heterocycles. The first-order valence-electron chi connectivity index (χ1n) is 9.81. The number of fused-ring (bicyclic) bond motifs is 1. The van der Waals surface area contributed by atoms with E-state index in [0.29, 0.717) is 0 Å². The Labute approximate surface area is 140 Å². The van der Waals surface area contributed by atoms with E-state index in [-0.39, 0.29) is 29.7 Å². The highest BCUT2D eigenvalue weighted by molar-refractivity contribution is 6.05. The molecule has 0 N–H and O–H groups in total. The monoisotopic (exact) mass is 317 g/mol. The average molecular weight is 317 g/mol. The van der Waals surface area contributed by atoms with Crippen LogP contribution in [0.4, 0.5) is 0 Å². The lowest BCUT2D eigenvalue weighted by atomic mass is 9.85. The van der Waals surface area contributed by atoms with Crippen LogP contribution >= 0.6 is 0 Å². The van der Waals surface area contributed by atoms with E-state index in [2.05, 4.69) is 12.2 Å². The SMILES string of the molecule is O=C1[C@H]2CC=CC[C@@H]2C(=O)N1C1CCCCCCCCCCC1. The molecule has 0 spiro atoms. The molecule has 0 aromatic rings. The van der Waals surface area contributed by atoms with Gasteiger partial charge in [0.2, 0.25) is 11.8 Å². The molecule has 3 nitrogen and oxygen atoms in total. The minimum atomic E-state index is -0.0612. The van der Waals surface area contributed by atoms with Crippen molar-refractivity contribution in [3.63, 3.8) is 0 Å². The van der Waals surface area contributed by atoms with E-state index < -0.39 is 0 Å². The van der Waals surface area contributed by atoms with Crippen LogP contribution in [0.3, 0.4) is 0 Å². The summed E-state index contributed by atoms with van der Waals surface area (Å²) in [6.07, 6.45) is 19.2. The Morgan fingerprint density at radius 1 is 0.652 bits per heavy atom. The third-order valence-corrected chi connectivity index (χ3v) is 5.98. The predicted octanol–water partition coefficient (Wildman–Crippen LogP) is 4.61. The Balaban J connectivity index is 1.66. The van der Waals surface area contributed by atoms with Crippen molar-refractivity contribution in [2.45, 2.75) is 89.5 Å². The van der Waals surface area contributed by atoms with E-state index >= 15 is 0 Å². The van der Waals surface area contributed by atoms with Gasteiger partial charge in [-0.1, -0.05) is 69.9 Å². The summed E-state index contributed by atoms with van der Waals surface area (Å²) >= 11 is 0. The van der Waals surface area contributed by atoms with E-state index in [1.807, 2.05) is 0 Å². The topological polar surface area (TPSA) is 37.4 Å². The van der Waals surface area contributed by atoms with E-state index in [1.54, 1.807) is 4.90 Å². The van der Waals surface area contributed by atoms with E-state index in [9.17, 15) is 9.59 Å². The van der Waals surface area contributed by atoms with E-state index in [0.717, 1.165) is 38.5 Å². The van der Waals surface area contributed by atoms with Crippen LogP contribution in [0.5, 0.6) is 0 Å². The van der Waals surface area contributed by atoms with Gasteiger partial charge in [-0.05, 0) is 25.7 Å². The van der Waals surface area contributed by atoms with Crippen molar-refractivity contribution in [1.29, 1.82) is 0 Å². The first kappa shape index (κ1) is 16.7. The highest BCUT2D eigenvalue weighted by atomic mass is 16.2. The molecule has 3 aliphatic rings. The van der Waals surface area contributed by atoms with Crippen molar-refractivity contribution >= 4 is 11.8 Å². The lowest BCUT2D eigenvalue weighted by Crippen LogP contribution is -2.40. The van der Waals surface area contributed by atoms with Crippen molar-refractivity contribution in [2.24, 2.45) is 11.8 Å². The maximum atomic E-state index is 12.8. The zero-order valence-corrected chi connectivity index (χ0v) is 14.3. The fourth-order valence-electron chi connectivity index (χ4n) is 4.59. The molecule has 2 aliphatic carbocycles. The Morgan fingerprint density at radius 3 is 1.48 bits per heavy atom. The van der Waals surface area contributed by atoms with Gasteiger partial charge in [-0.2, -0.15) is 0 Å². The number of nitrogens with zero attached hydrogens (tertiary/aromatic N) is 1. The lowest BCUT2D eigenvalue weighted by molar-refractivity contribution is -0.143. The molecular formula is C20H31NO2. The molecule has 2 fully saturated rings. The number of amides is 2. The number of imide groups is 1. The maximum Gasteiger partial charge on any atom is 0.233 e. The van der Waals surface area contributed by atoms with Crippen molar-refractivity contribution in [1.82, 2.24) is 4.90 Å². The number of hydrogen-bond donors (Lipinski definition) is 0. The van der Waals surface area contributed by atoms with Gasteiger partial charge in [-0.3, -0.25) is 14.5 Å². The Morgan fingerprint density at radius 2 is 1.04 bits per heavy atom.